The van der Waals surface area contributed by atoms with Gasteiger partial charge in [-0.1, -0.05) is 24.9 Å². The van der Waals surface area contributed by atoms with Crippen LogP contribution in [0.2, 0.25) is 5.02 Å². The molecule has 0 saturated heterocycles. The van der Waals surface area contributed by atoms with Gasteiger partial charge >= 0.3 is 0 Å². The first kappa shape index (κ1) is 12.5. The molecule has 0 unspecified atom stereocenters. The van der Waals surface area contributed by atoms with E-state index in [4.69, 9.17) is 16.3 Å². The Morgan fingerprint density at radius 3 is 2.94 bits per heavy atom. The fourth-order valence-electron chi connectivity index (χ4n) is 1.88. The molecular weight excluding hydrogens is 234 g/mol. The first-order valence-corrected chi connectivity index (χ1v) is 6.51. The summed E-state index contributed by atoms with van der Waals surface area (Å²) >= 11 is 5.96. The molecule has 2 rings (SSSR count). The van der Waals surface area contributed by atoms with Crippen molar-refractivity contribution in [3.8, 4) is 0 Å². The SMILES string of the molecule is CCCCOCCn1ccc2cc(Cl)ccc21. The van der Waals surface area contributed by atoms with Gasteiger partial charge in [0, 0.05) is 35.3 Å². The first-order valence-electron chi connectivity index (χ1n) is 6.13. The number of hydrogen-bond acceptors (Lipinski definition) is 1. The lowest BCUT2D eigenvalue weighted by molar-refractivity contribution is 0.124. The van der Waals surface area contributed by atoms with Crippen molar-refractivity contribution in [1.82, 2.24) is 4.57 Å². The van der Waals surface area contributed by atoms with Gasteiger partial charge in [-0.05, 0) is 30.7 Å². The predicted octanol–water partition coefficient (Wildman–Crippen LogP) is 4.11. The second-order valence-corrected chi connectivity index (χ2v) is 4.61. The molecule has 0 aliphatic heterocycles. The third-order valence-corrected chi connectivity index (χ3v) is 3.09. The Labute approximate surface area is 107 Å². The summed E-state index contributed by atoms with van der Waals surface area (Å²) < 4.78 is 7.78. The van der Waals surface area contributed by atoms with E-state index in [0.717, 1.165) is 31.2 Å². The van der Waals surface area contributed by atoms with E-state index in [9.17, 15) is 0 Å². The van der Waals surface area contributed by atoms with Gasteiger partial charge in [0.1, 0.15) is 0 Å². The molecule has 2 nitrogen and oxygen atoms in total. The molecule has 0 aliphatic rings. The van der Waals surface area contributed by atoms with Gasteiger partial charge < -0.3 is 9.30 Å². The quantitative estimate of drug-likeness (QED) is 0.705. The van der Waals surface area contributed by atoms with Crippen LogP contribution in [0.5, 0.6) is 0 Å². The van der Waals surface area contributed by atoms with Crippen molar-refractivity contribution in [2.45, 2.75) is 26.3 Å². The fraction of sp³-hybridized carbons (Fsp3) is 0.429. The van der Waals surface area contributed by atoms with Crippen LogP contribution in [0.25, 0.3) is 10.9 Å². The van der Waals surface area contributed by atoms with Gasteiger partial charge in [0.2, 0.25) is 0 Å². The highest BCUT2D eigenvalue weighted by Gasteiger charge is 2.01. The molecule has 0 atom stereocenters. The van der Waals surface area contributed by atoms with Crippen LogP contribution in [0.1, 0.15) is 19.8 Å². The van der Waals surface area contributed by atoms with Crippen LogP contribution < -0.4 is 0 Å². The van der Waals surface area contributed by atoms with Crippen molar-refractivity contribution < 1.29 is 4.74 Å². The van der Waals surface area contributed by atoms with Gasteiger partial charge in [0.25, 0.3) is 0 Å². The highest BCUT2D eigenvalue weighted by molar-refractivity contribution is 6.31. The summed E-state index contributed by atoms with van der Waals surface area (Å²) in [5.74, 6) is 0. The largest absolute Gasteiger partial charge is 0.380 e. The van der Waals surface area contributed by atoms with Crippen molar-refractivity contribution in [3.63, 3.8) is 0 Å². The zero-order chi connectivity index (χ0) is 12.1. The lowest BCUT2D eigenvalue weighted by Gasteiger charge is -2.06. The number of aromatic nitrogens is 1. The number of ether oxygens (including phenoxy) is 1. The number of fused-ring (bicyclic) bond motifs is 1. The van der Waals surface area contributed by atoms with Gasteiger partial charge in [-0.2, -0.15) is 0 Å². The number of unbranched alkanes of at least 4 members (excludes halogenated alkanes) is 1. The highest BCUT2D eigenvalue weighted by Crippen LogP contribution is 2.20. The molecule has 0 amide bonds. The molecule has 92 valence electrons. The molecule has 0 N–H and O–H groups in total. The Hall–Kier alpha value is -0.990. The minimum absolute atomic E-state index is 0.770. The minimum Gasteiger partial charge on any atom is -0.380 e. The molecule has 0 saturated carbocycles. The summed E-state index contributed by atoms with van der Waals surface area (Å²) in [6.45, 7) is 4.70. The zero-order valence-electron chi connectivity index (χ0n) is 10.2. The Kier molecular flexibility index (Phi) is 4.46. The van der Waals surface area contributed by atoms with Crippen LogP contribution in [0.3, 0.4) is 0 Å². The second kappa shape index (κ2) is 6.08. The number of benzene rings is 1. The monoisotopic (exact) mass is 251 g/mol. The van der Waals surface area contributed by atoms with E-state index >= 15 is 0 Å². The van der Waals surface area contributed by atoms with Crippen LogP contribution >= 0.6 is 11.6 Å². The van der Waals surface area contributed by atoms with Crippen LogP contribution in [0.15, 0.2) is 30.5 Å². The Morgan fingerprint density at radius 2 is 2.12 bits per heavy atom. The van der Waals surface area contributed by atoms with Crippen LogP contribution in [-0.4, -0.2) is 17.8 Å². The zero-order valence-corrected chi connectivity index (χ0v) is 10.9. The van der Waals surface area contributed by atoms with E-state index in [-0.39, 0.29) is 0 Å². The van der Waals surface area contributed by atoms with E-state index < -0.39 is 0 Å². The van der Waals surface area contributed by atoms with Gasteiger partial charge in [-0.25, -0.2) is 0 Å². The minimum atomic E-state index is 0.770. The third kappa shape index (κ3) is 3.24. The average Bonchev–Trinajstić information content (AvgIpc) is 2.71. The standard InChI is InChI=1S/C14H18ClNO/c1-2-3-9-17-10-8-16-7-6-12-11-13(15)4-5-14(12)16/h4-7,11H,2-3,8-10H2,1H3. The third-order valence-electron chi connectivity index (χ3n) is 2.85. The van der Waals surface area contributed by atoms with Crippen LogP contribution in [0, 0.1) is 0 Å². The molecule has 0 fully saturated rings. The van der Waals surface area contributed by atoms with Crippen molar-refractivity contribution in [1.29, 1.82) is 0 Å². The Morgan fingerprint density at radius 1 is 1.24 bits per heavy atom. The van der Waals surface area contributed by atoms with Crippen molar-refractivity contribution in [3.05, 3.63) is 35.5 Å². The Bertz CT molecular complexity index is 478. The maximum atomic E-state index is 5.96. The molecule has 1 heterocycles. The summed E-state index contributed by atoms with van der Waals surface area (Å²) in [4.78, 5) is 0. The van der Waals surface area contributed by atoms with Gasteiger partial charge in [-0.15, -0.1) is 0 Å². The van der Waals surface area contributed by atoms with Gasteiger partial charge in [-0.3, -0.25) is 0 Å². The summed E-state index contributed by atoms with van der Waals surface area (Å²) in [6, 6.07) is 8.07. The van der Waals surface area contributed by atoms with Crippen molar-refractivity contribution in [2.75, 3.05) is 13.2 Å². The molecule has 1 aromatic carbocycles. The summed E-state index contributed by atoms with van der Waals surface area (Å²) in [7, 11) is 0. The number of rotatable bonds is 6. The van der Waals surface area contributed by atoms with Crippen molar-refractivity contribution >= 4 is 22.5 Å². The second-order valence-electron chi connectivity index (χ2n) is 4.18. The number of hydrogen-bond donors (Lipinski definition) is 0. The molecule has 0 aliphatic carbocycles. The summed E-state index contributed by atoms with van der Waals surface area (Å²) in [5.41, 5.74) is 1.22. The number of nitrogens with zero attached hydrogens (tertiary/aromatic N) is 1. The van der Waals surface area contributed by atoms with E-state index in [2.05, 4.69) is 29.8 Å². The van der Waals surface area contributed by atoms with E-state index in [1.54, 1.807) is 0 Å². The highest BCUT2D eigenvalue weighted by atomic mass is 35.5. The fourth-order valence-corrected chi connectivity index (χ4v) is 2.06. The topological polar surface area (TPSA) is 14.2 Å². The molecule has 17 heavy (non-hydrogen) atoms. The van der Waals surface area contributed by atoms with Gasteiger partial charge in [0.15, 0.2) is 0 Å². The molecule has 1 aromatic heterocycles. The molecule has 0 spiro atoms. The molecule has 2 aromatic rings. The lowest BCUT2D eigenvalue weighted by atomic mass is 10.2. The Balaban J connectivity index is 1.95. The summed E-state index contributed by atoms with van der Waals surface area (Å²) in [5, 5.41) is 1.97. The van der Waals surface area contributed by atoms with Crippen LogP contribution in [0.4, 0.5) is 0 Å². The first-order chi connectivity index (χ1) is 8.31. The maximum Gasteiger partial charge on any atom is 0.0645 e. The summed E-state index contributed by atoms with van der Waals surface area (Å²) in [6.07, 6.45) is 4.41. The lowest BCUT2D eigenvalue weighted by Crippen LogP contribution is -2.05. The maximum absolute atomic E-state index is 5.96. The van der Waals surface area contributed by atoms with Crippen LogP contribution in [-0.2, 0) is 11.3 Å². The smallest absolute Gasteiger partial charge is 0.0645 e. The molecule has 0 bridgehead atoms. The number of halogens is 1. The molecule has 0 radical (unpaired) electrons. The predicted molar refractivity (Wildman–Crippen MR) is 72.7 cm³/mol. The van der Waals surface area contributed by atoms with E-state index in [1.807, 2.05) is 12.1 Å². The van der Waals surface area contributed by atoms with E-state index in [0.29, 0.717) is 0 Å². The van der Waals surface area contributed by atoms with Gasteiger partial charge in [0.05, 0.1) is 6.61 Å². The molecular formula is C14H18ClNO. The normalized spacial score (nSPS) is 11.2. The van der Waals surface area contributed by atoms with E-state index in [1.165, 1.54) is 17.3 Å². The van der Waals surface area contributed by atoms with Crippen molar-refractivity contribution in [2.24, 2.45) is 0 Å². The average molecular weight is 252 g/mol. The molecule has 3 heteroatoms.